The summed E-state index contributed by atoms with van der Waals surface area (Å²) in [5.74, 6) is 9.14. The monoisotopic (exact) mass is 288 g/mol. The molecule has 2 unspecified atom stereocenters. The molecule has 116 valence electrons. The van der Waals surface area contributed by atoms with Crippen LogP contribution in [0.25, 0.3) is 0 Å². The Bertz CT molecular complexity index is 454. The average Bonchev–Trinajstić information content (AvgIpc) is 2.56. The average molecular weight is 288 g/mol. The Labute approximate surface area is 128 Å². The molecular weight excluding hydrogens is 260 g/mol. The normalized spacial score (nSPS) is 30.3. The molecule has 3 heteroatoms. The van der Waals surface area contributed by atoms with Crippen LogP contribution in [0.5, 0.6) is 5.75 Å². The largest absolute Gasteiger partial charge is 0.493 e. The molecule has 0 bridgehead atoms. The third-order valence-electron chi connectivity index (χ3n) is 5.61. The molecule has 3 rings (SSSR count). The number of hydrazine groups is 1. The first-order valence-corrected chi connectivity index (χ1v) is 8.51. The van der Waals surface area contributed by atoms with Crippen molar-refractivity contribution in [3.8, 4) is 5.75 Å². The van der Waals surface area contributed by atoms with E-state index in [1.807, 2.05) is 0 Å². The first kappa shape index (κ1) is 14.9. The summed E-state index contributed by atoms with van der Waals surface area (Å²) in [5.41, 5.74) is 4.50. The Hall–Kier alpha value is -1.06. The van der Waals surface area contributed by atoms with Crippen molar-refractivity contribution >= 4 is 0 Å². The van der Waals surface area contributed by atoms with Crippen LogP contribution in [-0.4, -0.2) is 12.6 Å². The van der Waals surface area contributed by atoms with Gasteiger partial charge in [0.05, 0.1) is 6.61 Å². The van der Waals surface area contributed by atoms with Gasteiger partial charge in [-0.05, 0) is 42.7 Å². The van der Waals surface area contributed by atoms with Crippen LogP contribution in [0.15, 0.2) is 24.3 Å². The minimum Gasteiger partial charge on any atom is -0.493 e. The number of nitrogens with one attached hydrogen (secondary N) is 1. The molecule has 1 aliphatic heterocycles. The van der Waals surface area contributed by atoms with Gasteiger partial charge in [0.25, 0.3) is 0 Å². The Morgan fingerprint density at radius 1 is 1.19 bits per heavy atom. The van der Waals surface area contributed by atoms with E-state index in [1.165, 1.54) is 37.7 Å². The minimum atomic E-state index is 0.382. The molecule has 1 saturated carbocycles. The van der Waals surface area contributed by atoms with E-state index in [0.29, 0.717) is 17.9 Å². The van der Waals surface area contributed by atoms with Gasteiger partial charge in [0.1, 0.15) is 5.75 Å². The fraction of sp³-hybridized carbons (Fsp3) is 0.667. The predicted octanol–water partition coefficient (Wildman–Crippen LogP) is 3.60. The Kier molecular flexibility index (Phi) is 4.81. The minimum absolute atomic E-state index is 0.382. The maximum absolute atomic E-state index is 5.97. The van der Waals surface area contributed by atoms with E-state index in [1.54, 1.807) is 0 Å². The number of hydrogen-bond donors (Lipinski definition) is 2. The molecule has 1 aromatic rings. The van der Waals surface area contributed by atoms with Crippen molar-refractivity contribution in [3.05, 3.63) is 29.8 Å². The summed E-state index contributed by atoms with van der Waals surface area (Å²) in [6, 6.07) is 8.85. The quantitative estimate of drug-likeness (QED) is 0.657. The van der Waals surface area contributed by atoms with Crippen molar-refractivity contribution in [1.29, 1.82) is 0 Å². The van der Waals surface area contributed by atoms with Crippen molar-refractivity contribution in [3.63, 3.8) is 0 Å². The molecule has 1 heterocycles. The number of hydrogen-bond acceptors (Lipinski definition) is 3. The molecule has 0 aromatic heterocycles. The highest BCUT2D eigenvalue weighted by atomic mass is 16.5. The van der Waals surface area contributed by atoms with E-state index in [4.69, 9.17) is 10.6 Å². The standard InChI is InChI=1S/C18H28N2O/c1-2-13-7-9-14(10-8-13)18(20-19)16-11-12-21-17-6-4-3-5-15(16)17/h3-6,13-14,16,18,20H,2,7-12,19H2,1H3. The van der Waals surface area contributed by atoms with E-state index in [-0.39, 0.29) is 0 Å². The van der Waals surface area contributed by atoms with Gasteiger partial charge < -0.3 is 4.74 Å². The summed E-state index contributed by atoms with van der Waals surface area (Å²) in [5, 5.41) is 0. The third-order valence-corrected chi connectivity index (χ3v) is 5.61. The maximum Gasteiger partial charge on any atom is 0.122 e. The van der Waals surface area contributed by atoms with Crippen molar-refractivity contribution in [2.75, 3.05) is 6.61 Å². The first-order chi connectivity index (χ1) is 10.3. The van der Waals surface area contributed by atoms with Crippen LogP contribution in [0.1, 0.15) is 56.9 Å². The molecule has 0 spiro atoms. The van der Waals surface area contributed by atoms with Crippen LogP contribution in [0.3, 0.4) is 0 Å². The molecule has 2 aliphatic rings. The molecule has 1 fully saturated rings. The first-order valence-electron chi connectivity index (χ1n) is 8.51. The Morgan fingerprint density at radius 2 is 1.95 bits per heavy atom. The second-order valence-corrected chi connectivity index (χ2v) is 6.66. The molecule has 3 nitrogen and oxygen atoms in total. The van der Waals surface area contributed by atoms with Crippen molar-refractivity contribution in [2.45, 2.75) is 57.4 Å². The van der Waals surface area contributed by atoms with E-state index in [0.717, 1.165) is 24.7 Å². The molecule has 0 radical (unpaired) electrons. The molecule has 1 aromatic carbocycles. The van der Waals surface area contributed by atoms with Crippen molar-refractivity contribution in [2.24, 2.45) is 17.7 Å². The van der Waals surface area contributed by atoms with Crippen LogP contribution < -0.4 is 16.0 Å². The molecule has 21 heavy (non-hydrogen) atoms. The maximum atomic E-state index is 5.97. The third kappa shape index (κ3) is 3.09. The molecular formula is C18H28N2O. The number of rotatable bonds is 4. The molecule has 3 N–H and O–H groups in total. The van der Waals surface area contributed by atoms with Gasteiger partial charge in [-0.1, -0.05) is 44.4 Å². The zero-order chi connectivity index (χ0) is 14.7. The molecule has 0 amide bonds. The van der Waals surface area contributed by atoms with Crippen LogP contribution in [-0.2, 0) is 0 Å². The number of fused-ring (bicyclic) bond motifs is 1. The number of nitrogens with two attached hydrogens (primary N) is 1. The molecule has 0 saturated heterocycles. The summed E-state index contributed by atoms with van der Waals surface area (Å²) in [4.78, 5) is 0. The van der Waals surface area contributed by atoms with Gasteiger partial charge in [0.15, 0.2) is 0 Å². The van der Waals surface area contributed by atoms with E-state index >= 15 is 0 Å². The predicted molar refractivity (Wildman–Crippen MR) is 86.1 cm³/mol. The summed E-state index contributed by atoms with van der Waals surface area (Å²) in [6.45, 7) is 3.13. The van der Waals surface area contributed by atoms with Crippen LogP contribution >= 0.6 is 0 Å². The summed E-state index contributed by atoms with van der Waals surface area (Å²) in [7, 11) is 0. The van der Waals surface area contributed by atoms with Gasteiger partial charge in [-0.25, -0.2) is 0 Å². The summed E-state index contributed by atoms with van der Waals surface area (Å²) >= 11 is 0. The summed E-state index contributed by atoms with van der Waals surface area (Å²) in [6.07, 6.45) is 7.75. The summed E-state index contributed by atoms with van der Waals surface area (Å²) < 4.78 is 5.80. The molecule has 1 aliphatic carbocycles. The second-order valence-electron chi connectivity index (χ2n) is 6.66. The van der Waals surface area contributed by atoms with Gasteiger partial charge in [-0.3, -0.25) is 11.3 Å². The lowest BCUT2D eigenvalue weighted by atomic mass is 9.72. The zero-order valence-electron chi connectivity index (χ0n) is 13.1. The number of ether oxygens (including phenoxy) is 1. The fourth-order valence-corrected chi connectivity index (χ4v) is 4.28. The second kappa shape index (κ2) is 6.80. The van der Waals surface area contributed by atoms with Crippen LogP contribution in [0.4, 0.5) is 0 Å². The SMILES string of the molecule is CCC1CCC(C(NN)C2CCOc3ccccc32)CC1. The van der Waals surface area contributed by atoms with Gasteiger partial charge in [0.2, 0.25) is 0 Å². The lowest BCUT2D eigenvalue weighted by Crippen LogP contribution is -2.47. The van der Waals surface area contributed by atoms with Gasteiger partial charge in [0, 0.05) is 12.0 Å². The lowest BCUT2D eigenvalue weighted by Gasteiger charge is -2.39. The smallest absolute Gasteiger partial charge is 0.122 e. The highest BCUT2D eigenvalue weighted by molar-refractivity contribution is 5.38. The number of para-hydroxylation sites is 1. The van der Waals surface area contributed by atoms with Crippen molar-refractivity contribution in [1.82, 2.24) is 5.43 Å². The Balaban J connectivity index is 1.75. The van der Waals surface area contributed by atoms with E-state index in [9.17, 15) is 0 Å². The highest BCUT2D eigenvalue weighted by Crippen LogP contribution is 2.41. The van der Waals surface area contributed by atoms with Crippen LogP contribution in [0, 0.1) is 11.8 Å². The zero-order valence-corrected chi connectivity index (χ0v) is 13.1. The lowest BCUT2D eigenvalue weighted by molar-refractivity contribution is 0.171. The van der Waals surface area contributed by atoms with E-state index < -0.39 is 0 Å². The number of benzene rings is 1. The van der Waals surface area contributed by atoms with Gasteiger partial charge >= 0.3 is 0 Å². The van der Waals surface area contributed by atoms with Crippen molar-refractivity contribution < 1.29 is 4.74 Å². The van der Waals surface area contributed by atoms with Crippen LogP contribution in [0.2, 0.25) is 0 Å². The van der Waals surface area contributed by atoms with Gasteiger partial charge in [-0.2, -0.15) is 0 Å². The fourth-order valence-electron chi connectivity index (χ4n) is 4.28. The Morgan fingerprint density at radius 3 is 2.67 bits per heavy atom. The highest BCUT2D eigenvalue weighted by Gasteiger charge is 2.35. The molecule has 2 atom stereocenters. The van der Waals surface area contributed by atoms with E-state index in [2.05, 4.69) is 36.6 Å². The topological polar surface area (TPSA) is 47.3 Å². The van der Waals surface area contributed by atoms with Gasteiger partial charge in [-0.15, -0.1) is 0 Å².